The summed E-state index contributed by atoms with van der Waals surface area (Å²) < 4.78 is 10.5. The third-order valence-electron chi connectivity index (χ3n) is 2.50. The van der Waals surface area contributed by atoms with Gasteiger partial charge in [0, 0.05) is 31.4 Å². The van der Waals surface area contributed by atoms with E-state index in [4.69, 9.17) is 14.6 Å². The quantitative estimate of drug-likeness (QED) is 0.584. The first-order chi connectivity index (χ1) is 6.06. The van der Waals surface area contributed by atoms with E-state index in [1.807, 2.05) is 13.8 Å². The van der Waals surface area contributed by atoms with Gasteiger partial charge in [0.15, 0.2) is 0 Å². The van der Waals surface area contributed by atoms with Crippen molar-refractivity contribution in [1.82, 2.24) is 0 Å². The van der Waals surface area contributed by atoms with Crippen LogP contribution in [0.15, 0.2) is 0 Å². The van der Waals surface area contributed by atoms with Gasteiger partial charge in [-0.1, -0.05) is 6.92 Å². The second-order valence-corrected chi connectivity index (χ2v) is 3.50. The molecule has 4 nitrogen and oxygen atoms in total. The predicted octanol–water partition coefficient (Wildman–Crippen LogP) is 0.389. The van der Waals surface area contributed by atoms with Gasteiger partial charge in [-0.3, -0.25) is 4.79 Å². The summed E-state index contributed by atoms with van der Waals surface area (Å²) >= 11 is 0. The zero-order valence-corrected chi connectivity index (χ0v) is 12.2. The van der Waals surface area contributed by atoms with Crippen LogP contribution in [-0.4, -0.2) is 36.0 Å². The van der Waals surface area contributed by atoms with Crippen molar-refractivity contribution in [3.05, 3.63) is 0 Å². The third-order valence-corrected chi connectivity index (χ3v) is 2.50. The Hall–Kier alpha value is 0.404. The monoisotopic (exact) mass is 273 g/mol. The predicted molar refractivity (Wildman–Crippen MR) is 57.2 cm³/mol. The Balaban J connectivity index is 0. The minimum atomic E-state index is -0.367. The van der Waals surface area contributed by atoms with E-state index in [2.05, 4.69) is 0 Å². The second-order valence-electron chi connectivity index (χ2n) is 3.50. The van der Waals surface area contributed by atoms with Crippen LogP contribution in [0.4, 0.5) is 0 Å². The van der Waals surface area contributed by atoms with Crippen LogP contribution in [0.3, 0.4) is 0 Å². The molecule has 0 aromatic carbocycles. The van der Waals surface area contributed by atoms with E-state index in [1.165, 1.54) is 6.92 Å². The Morgan fingerprint density at radius 3 is 2.40 bits per heavy atom. The van der Waals surface area contributed by atoms with Crippen molar-refractivity contribution in [1.29, 1.82) is 0 Å². The Morgan fingerprint density at radius 2 is 2.00 bits per heavy atom. The van der Waals surface area contributed by atoms with Gasteiger partial charge in [-0.2, -0.15) is 9.90 Å². The van der Waals surface area contributed by atoms with Gasteiger partial charge in [-0.15, -0.1) is 0 Å². The van der Waals surface area contributed by atoms with E-state index < -0.39 is 0 Å². The van der Waals surface area contributed by atoms with Gasteiger partial charge in [-0.25, -0.2) is 0 Å². The molecule has 1 radical (unpaired) electrons. The van der Waals surface area contributed by atoms with Gasteiger partial charge >= 0.3 is 5.97 Å². The van der Waals surface area contributed by atoms with Crippen molar-refractivity contribution >= 4 is 15.9 Å². The van der Waals surface area contributed by atoms with Crippen LogP contribution < -0.4 is 0 Å². The third kappa shape index (κ3) is 4.42. The topological polar surface area (TPSA) is 55.8 Å². The first-order valence-electron chi connectivity index (χ1n) is 4.49. The van der Waals surface area contributed by atoms with Crippen LogP contribution >= 0.6 is 9.90 Å². The van der Waals surface area contributed by atoms with Crippen molar-refractivity contribution in [3.8, 4) is 0 Å². The van der Waals surface area contributed by atoms with E-state index in [0.717, 1.165) is 0 Å². The number of ether oxygens (including phenoxy) is 2. The molecule has 1 aliphatic rings. The van der Waals surface area contributed by atoms with Gasteiger partial charge in [0.05, 0.1) is 12.7 Å². The summed E-state index contributed by atoms with van der Waals surface area (Å²) in [7, 11) is 0. The maximum absolute atomic E-state index is 10.8. The van der Waals surface area contributed by atoms with Gasteiger partial charge in [-0.05, 0) is 6.92 Å². The molecule has 0 amide bonds. The van der Waals surface area contributed by atoms with Gasteiger partial charge in [0.2, 0.25) is 0 Å². The summed E-state index contributed by atoms with van der Waals surface area (Å²) in [4.78, 5) is 10.8. The molecule has 1 fully saturated rings. The number of aliphatic hydroxyl groups excluding tert-OH is 1. The number of esters is 1. The fourth-order valence-electron chi connectivity index (χ4n) is 1.60. The molecule has 1 aliphatic heterocycles. The maximum Gasteiger partial charge on any atom is 0.303 e. The summed E-state index contributed by atoms with van der Waals surface area (Å²) in [6, 6.07) is 0. The average molecular weight is 273 g/mol. The molecule has 0 aliphatic carbocycles. The normalized spacial score (nSPS) is 33.9. The van der Waals surface area contributed by atoms with Gasteiger partial charge in [0.1, 0.15) is 12.2 Å². The first kappa shape index (κ1) is 17.8. The average Bonchev–Trinajstić information content (AvgIpc) is 2.31. The van der Waals surface area contributed by atoms with Crippen molar-refractivity contribution in [2.75, 3.05) is 6.61 Å². The summed E-state index contributed by atoms with van der Waals surface area (Å²) in [5.74, 6) is -0.186. The number of hydrogen-bond donors (Lipinski definition) is 1. The minimum absolute atomic E-state index is 0. The molecule has 0 bridgehead atoms. The molecule has 0 spiro atoms. The van der Waals surface area contributed by atoms with Crippen LogP contribution in [-0.2, 0) is 32.8 Å². The molecule has 0 aromatic heterocycles. The van der Waals surface area contributed by atoms with Gasteiger partial charge in [0.25, 0.3) is 0 Å². The summed E-state index contributed by atoms with van der Waals surface area (Å²) in [6.07, 6.45) is -0.645. The Bertz CT molecular complexity index is 203. The molecule has 1 heterocycles. The van der Waals surface area contributed by atoms with Crippen molar-refractivity contribution in [2.24, 2.45) is 5.92 Å². The van der Waals surface area contributed by atoms with Crippen LogP contribution in [0.2, 0.25) is 0 Å². The minimum Gasteiger partial charge on any atom is -0.459 e. The zero-order chi connectivity index (χ0) is 10.0. The van der Waals surface area contributed by atoms with Crippen LogP contribution in [0.5, 0.6) is 0 Å². The molecule has 0 aromatic rings. The molecule has 1 rings (SSSR count). The SMILES string of the molecule is CC(=O)OC1C(CO)OC(C)C1C.P.[V]. The van der Waals surface area contributed by atoms with E-state index in [-0.39, 0.29) is 65.3 Å². The number of aliphatic hydroxyl groups is 1. The maximum atomic E-state index is 10.8. The molecular weight excluding hydrogens is 254 g/mol. The first-order valence-corrected chi connectivity index (χ1v) is 4.49. The van der Waals surface area contributed by atoms with Gasteiger partial charge < -0.3 is 14.6 Å². The molecule has 1 saturated heterocycles. The van der Waals surface area contributed by atoms with Crippen molar-refractivity contribution in [2.45, 2.75) is 39.1 Å². The van der Waals surface area contributed by atoms with E-state index in [0.29, 0.717) is 0 Å². The second kappa shape index (κ2) is 7.64. The van der Waals surface area contributed by atoms with Crippen LogP contribution in [0.1, 0.15) is 20.8 Å². The van der Waals surface area contributed by atoms with Crippen molar-refractivity contribution in [3.63, 3.8) is 0 Å². The number of carbonyl (C=O) groups is 1. The number of carbonyl (C=O) groups excluding carboxylic acids is 1. The Morgan fingerprint density at radius 1 is 1.47 bits per heavy atom. The van der Waals surface area contributed by atoms with Crippen molar-refractivity contribution < 1.29 is 37.9 Å². The summed E-state index contributed by atoms with van der Waals surface area (Å²) in [6.45, 7) is 5.13. The molecule has 15 heavy (non-hydrogen) atoms. The fourth-order valence-corrected chi connectivity index (χ4v) is 1.60. The zero-order valence-electron chi connectivity index (χ0n) is 9.34. The number of rotatable bonds is 2. The molecule has 5 unspecified atom stereocenters. The smallest absolute Gasteiger partial charge is 0.303 e. The Labute approximate surface area is 106 Å². The van der Waals surface area contributed by atoms with E-state index in [1.54, 1.807) is 0 Å². The summed E-state index contributed by atoms with van der Waals surface area (Å²) in [5, 5.41) is 8.97. The molecule has 0 saturated carbocycles. The summed E-state index contributed by atoms with van der Waals surface area (Å²) in [5.41, 5.74) is 0. The van der Waals surface area contributed by atoms with Crippen LogP contribution in [0.25, 0.3) is 0 Å². The number of hydrogen-bond acceptors (Lipinski definition) is 4. The van der Waals surface area contributed by atoms with E-state index in [9.17, 15) is 4.79 Å². The molecule has 1 N–H and O–H groups in total. The molecule has 89 valence electrons. The largest absolute Gasteiger partial charge is 0.459 e. The molecule has 6 heteroatoms. The van der Waals surface area contributed by atoms with E-state index >= 15 is 0 Å². The van der Waals surface area contributed by atoms with Crippen LogP contribution in [0, 0.1) is 5.92 Å². The standard InChI is InChI=1S/C9H16O4.H3P.V/c1-5-6(2)12-8(4-10)9(5)13-7(3)11;;/h5-6,8-10H,4H2,1-3H3;1H3;. The Kier molecular flexibility index (Phi) is 9.06. The molecule has 5 atom stereocenters. The fraction of sp³-hybridized carbons (Fsp3) is 0.889. The molecular formula is C9H19O4PV.